The van der Waals surface area contributed by atoms with Crippen molar-refractivity contribution in [1.82, 2.24) is 30.2 Å². The van der Waals surface area contributed by atoms with Crippen molar-refractivity contribution in [3.05, 3.63) is 66.9 Å². The Morgan fingerprint density at radius 3 is 2.71 bits per heavy atom. The van der Waals surface area contributed by atoms with Gasteiger partial charge >= 0.3 is 0 Å². The lowest BCUT2D eigenvalue weighted by atomic mass is 10.0. The minimum atomic E-state index is 0.443. The summed E-state index contributed by atoms with van der Waals surface area (Å²) in [6.45, 7) is 6.93. The molecule has 1 aliphatic heterocycles. The van der Waals surface area contributed by atoms with Crippen molar-refractivity contribution >= 4 is 33.6 Å². The normalized spacial score (nSPS) is 18.6. The molecule has 0 spiro atoms. The minimum absolute atomic E-state index is 0.443. The van der Waals surface area contributed by atoms with Crippen LogP contribution in [0.5, 0.6) is 0 Å². The molecule has 1 saturated heterocycles. The van der Waals surface area contributed by atoms with Gasteiger partial charge in [0.25, 0.3) is 0 Å². The van der Waals surface area contributed by atoms with Gasteiger partial charge in [0.05, 0.1) is 17.6 Å². The minimum Gasteiger partial charge on any atom is -0.364 e. The second kappa shape index (κ2) is 8.46. The number of pyridine rings is 1. The Labute approximate surface area is 197 Å². The van der Waals surface area contributed by atoms with Gasteiger partial charge in [-0.15, -0.1) is 0 Å². The van der Waals surface area contributed by atoms with Crippen molar-refractivity contribution in [2.75, 3.05) is 23.3 Å². The third kappa shape index (κ3) is 3.76. The number of piperazine rings is 1. The zero-order valence-electron chi connectivity index (χ0n) is 19.3. The van der Waals surface area contributed by atoms with E-state index in [0.29, 0.717) is 18.6 Å². The molecule has 5 heterocycles. The first-order valence-corrected chi connectivity index (χ1v) is 11.7. The number of nitrogens with one attached hydrogen (secondary N) is 4. The molecule has 8 nitrogen and oxygen atoms in total. The molecule has 1 aromatic carbocycles. The van der Waals surface area contributed by atoms with Crippen LogP contribution in [-0.4, -0.2) is 50.1 Å². The van der Waals surface area contributed by atoms with Crippen molar-refractivity contribution in [3.63, 3.8) is 0 Å². The average Bonchev–Trinajstić information content (AvgIpc) is 3.50. The second-order valence-electron chi connectivity index (χ2n) is 9.11. The molecule has 0 saturated carbocycles. The van der Waals surface area contributed by atoms with Crippen LogP contribution in [0, 0.1) is 0 Å². The van der Waals surface area contributed by atoms with E-state index in [0.717, 1.165) is 58.1 Å². The Bertz CT molecular complexity index is 1440. The van der Waals surface area contributed by atoms with Crippen molar-refractivity contribution < 1.29 is 0 Å². The molecule has 0 unspecified atom stereocenters. The molecule has 34 heavy (non-hydrogen) atoms. The Morgan fingerprint density at radius 2 is 1.82 bits per heavy atom. The predicted octanol–water partition coefficient (Wildman–Crippen LogP) is 4.30. The highest BCUT2D eigenvalue weighted by Crippen LogP contribution is 2.36. The van der Waals surface area contributed by atoms with Crippen LogP contribution in [0.2, 0.25) is 0 Å². The molecule has 6 rings (SSSR count). The van der Waals surface area contributed by atoms with E-state index in [-0.39, 0.29) is 0 Å². The maximum Gasteiger partial charge on any atom is 0.143 e. The lowest BCUT2D eigenvalue weighted by molar-refractivity contribution is 0.405. The second-order valence-corrected chi connectivity index (χ2v) is 9.11. The number of hydrogen-bond acceptors (Lipinski definition) is 6. The molecular weight excluding hydrogens is 424 g/mol. The smallest absolute Gasteiger partial charge is 0.143 e. The summed E-state index contributed by atoms with van der Waals surface area (Å²) in [6.07, 6.45) is 5.57. The molecule has 1 fully saturated rings. The van der Waals surface area contributed by atoms with Gasteiger partial charge in [-0.05, 0) is 43.7 Å². The number of aromatic amines is 2. The Balaban J connectivity index is 1.30. The number of benzene rings is 1. The largest absolute Gasteiger partial charge is 0.364 e. The van der Waals surface area contributed by atoms with E-state index in [1.54, 1.807) is 6.33 Å². The first-order chi connectivity index (χ1) is 16.7. The Kier molecular flexibility index (Phi) is 5.15. The molecule has 4 aromatic heterocycles. The van der Waals surface area contributed by atoms with Gasteiger partial charge in [-0.2, -0.15) is 0 Å². The van der Waals surface area contributed by atoms with Crippen molar-refractivity contribution in [1.29, 1.82) is 0 Å². The van der Waals surface area contributed by atoms with Gasteiger partial charge in [0, 0.05) is 54.0 Å². The number of nitrogens with zero attached hydrogens (tertiary/aromatic N) is 4. The maximum atomic E-state index is 4.94. The van der Waals surface area contributed by atoms with Gasteiger partial charge in [-0.25, -0.2) is 15.0 Å². The first-order valence-electron chi connectivity index (χ1n) is 11.7. The summed E-state index contributed by atoms with van der Waals surface area (Å²) in [4.78, 5) is 23.0. The fourth-order valence-electron chi connectivity index (χ4n) is 5.06. The van der Waals surface area contributed by atoms with Crippen LogP contribution in [0.4, 0.5) is 11.6 Å². The van der Waals surface area contributed by atoms with Crippen LogP contribution in [0.1, 0.15) is 19.5 Å². The Morgan fingerprint density at radius 1 is 0.971 bits per heavy atom. The van der Waals surface area contributed by atoms with Crippen molar-refractivity contribution in [3.8, 4) is 11.1 Å². The topological polar surface area (TPSA) is 97.5 Å². The van der Waals surface area contributed by atoms with Gasteiger partial charge in [0.1, 0.15) is 23.6 Å². The third-order valence-corrected chi connectivity index (χ3v) is 6.47. The number of H-pyrrole nitrogens is 2. The average molecular weight is 453 g/mol. The van der Waals surface area contributed by atoms with Gasteiger partial charge < -0.3 is 25.5 Å². The summed E-state index contributed by atoms with van der Waals surface area (Å²) >= 11 is 0. The molecule has 0 radical (unpaired) electrons. The summed E-state index contributed by atoms with van der Waals surface area (Å²) < 4.78 is 0. The van der Waals surface area contributed by atoms with Crippen LogP contribution in [-0.2, 0) is 6.54 Å². The fourth-order valence-corrected chi connectivity index (χ4v) is 5.06. The van der Waals surface area contributed by atoms with Gasteiger partial charge in [-0.1, -0.05) is 18.2 Å². The molecule has 2 atom stereocenters. The van der Waals surface area contributed by atoms with Crippen molar-refractivity contribution in [2.45, 2.75) is 32.5 Å². The van der Waals surface area contributed by atoms with Gasteiger partial charge in [0.2, 0.25) is 0 Å². The van der Waals surface area contributed by atoms with Crippen LogP contribution in [0.15, 0.2) is 61.2 Å². The van der Waals surface area contributed by atoms with E-state index >= 15 is 0 Å². The van der Waals surface area contributed by atoms with Gasteiger partial charge in [0.15, 0.2) is 0 Å². The van der Waals surface area contributed by atoms with E-state index in [1.165, 1.54) is 5.39 Å². The zero-order chi connectivity index (χ0) is 23.1. The molecule has 0 aliphatic carbocycles. The lowest BCUT2D eigenvalue weighted by Crippen LogP contribution is -2.54. The highest BCUT2D eigenvalue weighted by molar-refractivity contribution is 6.07. The SMILES string of the molecule is C[C@@H]1CN(c2cccc(CNc3ncnc4[nH]cc(-c5cccc6[nH]ccc56)c34)n2)C[C@H](C)N1. The van der Waals surface area contributed by atoms with E-state index in [1.807, 2.05) is 12.4 Å². The highest BCUT2D eigenvalue weighted by Gasteiger charge is 2.22. The number of rotatable bonds is 5. The molecule has 5 aromatic rings. The molecule has 8 heteroatoms. The standard InChI is InChI=1S/C26H28N8/c1-16-13-34(14-17(2)32-16)23-8-3-5-18(33-23)11-28-25-24-21(12-29-26(24)31-15-30-25)19-6-4-7-22-20(19)9-10-27-22/h3-10,12,15-17,27,32H,11,13-14H2,1-2H3,(H2,28,29,30,31)/t16-,17+. The summed E-state index contributed by atoms with van der Waals surface area (Å²) in [5.74, 6) is 1.82. The van der Waals surface area contributed by atoms with Crippen LogP contribution in [0.3, 0.4) is 0 Å². The van der Waals surface area contributed by atoms with E-state index in [2.05, 4.69) is 91.8 Å². The molecular formula is C26H28N8. The summed E-state index contributed by atoms with van der Waals surface area (Å²) in [5.41, 5.74) is 5.12. The third-order valence-electron chi connectivity index (χ3n) is 6.47. The van der Waals surface area contributed by atoms with E-state index in [4.69, 9.17) is 4.98 Å². The molecule has 0 amide bonds. The quantitative estimate of drug-likeness (QED) is 0.317. The van der Waals surface area contributed by atoms with E-state index in [9.17, 15) is 0 Å². The van der Waals surface area contributed by atoms with E-state index < -0.39 is 0 Å². The van der Waals surface area contributed by atoms with Crippen LogP contribution in [0.25, 0.3) is 33.1 Å². The number of anilines is 2. The Hall–Kier alpha value is -3.91. The molecule has 4 N–H and O–H groups in total. The summed E-state index contributed by atoms with van der Waals surface area (Å²) in [5, 5.41) is 9.26. The number of hydrogen-bond donors (Lipinski definition) is 4. The maximum absolute atomic E-state index is 4.94. The monoisotopic (exact) mass is 452 g/mol. The zero-order valence-corrected chi connectivity index (χ0v) is 19.3. The number of fused-ring (bicyclic) bond motifs is 2. The number of aromatic nitrogens is 5. The van der Waals surface area contributed by atoms with Crippen molar-refractivity contribution in [2.24, 2.45) is 0 Å². The summed E-state index contributed by atoms with van der Waals surface area (Å²) in [7, 11) is 0. The van der Waals surface area contributed by atoms with Crippen LogP contribution >= 0.6 is 0 Å². The lowest BCUT2D eigenvalue weighted by Gasteiger charge is -2.37. The molecule has 1 aliphatic rings. The molecule has 0 bridgehead atoms. The highest BCUT2D eigenvalue weighted by atomic mass is 15.3. The van der Waals surface area contributed by atoms with Crippen LogP contribution < -0.4 is 15.5 Å². The first kappa shape index (κ1) is 20.7. The predicted molar refractivity (Wildman–Crippen MR) is 137 cm³/mol. The molecule has 172 valence electrons. The fraction of sp³-hybridized carbons (Fsp3) is 0.269. The summed E-state index contributed by atoms with van der Waals surface area (Å²) in [6, 6.07) is 15.5. The van der Waals surface area contributed by atoms with Gasteiger partial charge in [-0.3, -0.25) is 0 Å².